The van der Waals surface area contributed by atoms with E-state index in [0.29, 0.717) is 22.2 Å². The summed E-state index contributed by atoms with van der Waals surface area (Å²) in [6.07, 6.45) is 1.13. The van der Waals surface area contributed by atoms with Crippen LogP contribution in [0.2, 0.25) is 0 Å². The van der Waals surface area contributed by atoms with Crippen molar-refractivity contribution in [1.82, 2.24) is 4.57 Å². The number of methoxy groups -OCH3 is 2. The normalized spacial score (nSPS) is 11.3. The van der Waals surface area contributed by atoms with Crippen LogP contribution in [0.5, 0.6) is 5.75 Å². The molecule has 0 saturated heterocycles. The molecule has 1 aromatic heterocycles. The summed E-state index contributed by atoms with van der Waals surface area (Å²) in [5.41, 5.74) is 0.655. The Labute approximate surface area is 134 Å². The molecule has 0 saturated carbocycles. The number of aromatic nitrogens is 1. The molecule has 0 aliphatic heterocycles. The third kappa shape index (κ3) is 3.64. The first kappa shape index (κ1) is 16.9. The molecule has 2 rings (SSSR count). The summed E-state index contributed by atoms with van der Waals surface area (Å²) in [4.78, 5) is 24.1. The van der Waals surface area contributed by atoms with Gasteiger partial charge in [-0.15, -0.1) is 0 Å². The third-order valence-electron chi connectivity index (χ3n) is 3.24. The van der Waals surface area contributed by atoms with Gasteiger partial charge in [0.25, 0.3) is 0 Å². The largest absolute Gasteiger partial charge is 0.496 e. The zero-order chi connectivity index (χ0) is 17.2. The highest BCUT2D eigenvalue weighted by atomic mass is 16.6. The molecule has 6 heteroatoms. The molecule has 0 spiro atoms. The number of ether oxygens (including phenoxy) is 3. The molecule has 1 heterocycles. The fourth-order valence-electron chi connectivity index (χ4n) is 2.33. The van der Waals surface area contributed by atoms with Gasteiger partial charge in [-0.2, -0.15) is 0 Å². The maximum atomic E-state index is 12.4. The molecular formula is C17H21NO5. The molecule has 0 unspecified atom stereocenters. The number of rotatable bonds is 3. The minimum Gasteiger partial charge on any atom is -0.496 e. The highest BCUT2D eigenvalue weighted by Gasteiger charge is 2.23. The highest BCUT2D eigenvalue weighted by molar-refractivity contribution is 5.97. The fraction of sp³-hybridized carbons (Fsp3) is 0.412. The molecule has 6 nitrogen and oxygen atoms in total. The molecule has 0 atom stereocenters. The number of hydrogen-bond donors (Lipinski definition) is 0. The van der Waals surface area contributed by atoms with Gasteiger partial charge in [-0.05, 0) is 38.5 Å². The lowest BCUT2D eigenvalue weighted by Crippen LogP contribution is -2.26. The second-order valence-corrected chi connectivity index (χ2v) is 6.11. The van der Waals surface area contributed by atoms with Crippen LogP contribution in [0.25, 0.3) is 10.9 Å². The molecule has 0 radical (unpaired) electrons. The maximum Gasteiger partial charge on any atom is 0.419 e. The van der Waals surface area contributed by atoms with Crippen LogP contribution < -0.4 is 4.74 Å². The molecule has 124 valence electrons. The maximum absolute atomic E-state index is 12.4. The Morgan fingerprint density at radius 3 is 2.43 bits per heavy atom. The Kier molecular flexibility index (Phi) is 4.63. The topological polar surface area (TPSA) is 66.8 Å². The number of carbonyl (C=O) groups excluding carboxylic acids is 2. The zero-order valence-electron chi connectivity index (χ0n) is 14.0. The summed E-state index contributed by atoms with van der Waals surface area (Å²) in [5, 5.41) is 0.700. The minimum absolute atomic E-state index is 0.0448. The van der Waals surface area contributed by atoms with E-state index in [9.17, 15) is 9.59 Å². The molecule has 1 aromatic carbocycles. The summed E-state index contributed by atoms with van der Waals surface area (Å²) in [7, 11) is 2.87. The molecule has 2 aromatic rings. The monoisotopic (exact) mass is 319 g/mol. The molecule has 23 heavy (non-hydrogen) atoms. The number of carbonyl (C=O) groups is 2. The van der Waals surface area contributed by atoms with Crippen LogP contribution in [-0.2, 0) is 20.7 Å². The van der Waals surface area contributed by atoms with Gasteiger partial charge in [0.1, 0.15) is 11.4 Å². The van der Waals surface area contributed by atoms with E-state index in [0.717, 1.165) is 0 Å². The van der Waals surface area contributed by atoms with E-state index < -0.39 is 11.7 Å². The van der Waals surface area contributed by atoms with E-state index in [4.69, 9.17) is 14.2 Å². The summed E-state index contributed by atoms with van der Waals surface area (Å²) < 4.78 is 16.9. The lowest BCUT2D eigenvalue weighted by atomic mass is 10.1. The molecule has 0 amide bonds. The van der Waals surface area contributed by atoms with E-state index in [1.807, 2.05) is 0 Å². The second kappa shape index (κ2) is 6.32. The van der Waals surface area contributed by atoms with Gasteiger partial charge >= 0.3 is 12.1 Å². The summed E-state index contributed by atoms with van der Waals surface area (Å²) in [6, 6.07) is 5.34. The smallest absolute Gasteiger partial charge is 0.419 e. The zero-order valence-corrected chi connectivity index (χ0v) is 14.0. The van der Waals surface area contributed by atoms with Crippen molar-refractivity contribution in [2.24, 2.45) is 0 Å². The minimum atomic E-state index is -0.616. The number of hydrogen-bond acceptors (Lipinski definition) is 5. The molecule has 0 aliphatic carbocycles. The predicted octanol–water partition coefficient (Wildman–Crippen LogP) is 3.15. The number of benzene rings is 1. The summed E-state index contributed by atoms with van der Waals surface area (Å²) in [6.45, 7) is 5.39. The first-order chi connectivity index (χ1) is 10.8. The van der Waals surface area contributed by atoms with Gasteiger partial charge in [-0.3, -0.25) is 9.36 Å². The SMILES string of the molecule is COC(=O)Cc1cn(C(=O)OC(C)(C)C)c2cccc(OC)c12. The average molecular weight is 319 g/mol. The van der Waals surface area contributed by atoms with Crippen molar-refractivity contribution in [3.05, 3.63) is 30.0 Å². The van der Waals surface area contributed by atoms with Gasteiger partial charge in [0.15, 0.2) is 0 Å². The van der Waals surface area contributed by atoms with E-state index in [2.05, 4.69) is 0 Å². The van der Waals surface area contributed by atoms with Gasteiger partial charge in [0.05, 0.1) is 26.2 Å². The van der Waals surface area contributed by atoms with Gasteiger partial charge in [0.2, 0.25) is 0 Å². The average Bonchev–Trinajstić information content (AvgIpc) is 2.84. The molecule has 0 fully saturated rings. The van der Waals surface area contributed by atoms with E-state index in [1.165, 1.54) is 11.7 Å². The fourth-order valence-corrected chi connectivity index (χ4v) is 2.33. The van der Waals surface area contributed by atoms with Crippen LogP contribution in [0.3, 0.4) is 0 Å². The Morgan fingerprint density at radius 2 is 1.87 bits per heavy atom. The van der Waals surface area contributed by atoms with Gasteiger partial charge in [-0.1, -0.05) is 6.07 Å². The van der Waals surface area contributed by atoms with Gasteiger partial charge in [0, 0.05) is 11.6 Å². The molecule has 0 bridgehead atoms. The van der Waals surface area contributed by atoms with Crippen molar-refractivity contribution in [3.63, 3.8) is 0 Å². The van der Waals surface area contributed by atoms with E-state index in [-0.39, 0.29) is 12.4 Å². The van der Waals surface area contributed by atoms with Crippen LogP contribution in [0, 0.1) is 0 Å². The highest BCUT2D eigenvalue weighted by Crippen LogP contribution is 2.31. The van der Waals surface area contributed by atoms with Crippen LogP contribution >= 0.6 is 0 Å². The van der Waals surface area contributed by atoms with E-state index in [1.54, 1.807) is 52.3 Å². The van der Waals surface area contributed by atoms with Gasteiger partial charge < -0.3 is 14.2 Å². The number of nitrogens with zero attached hydrogens (tertiary/aromatic N) is 1. The van der Waals surface area contributed by atoms with Crippen LogP contribution in [0.15, 0.2) is 24.4 Å². The van der Waals surface area contributed by atoms with Gasteiger partial charge in [-0.25, -0.2) is 4.79 Å². The summed E-state index contributed by atoms with van der Waals surface area (Å²) >= 11 is 0. The Balaban J connectivity index is 2.58. The first-order valence-corrected chi connectivity index (χ1v) is 7.24. The molecule has 0 N–H and O–H groups in total. The van der Waals surface area contributed by atoms with Crippen molar-refractivity contribution in [1.29, 1.82) is 0 Å². The van der Waals surface area contributed by atoms with Crippen LogP contribution in [0.4, 0.5) is 4.79 Å². The van der Waals surface area contributed by atoms with Crippen LogP contribution in [-0.4, -0.2) is 36.5 Å². The van der Waals surface area contributed by atoms with Crippen molar-refractivity contribution < 1.29 is 23.8 Å². The Bertz CT molecular complexity index is 739. The predicted molar refractivity (Wildman–Crippen MR) is 85.8 cm³/mol. The van der Waals surface area contributed by atoms with Crippen LogP contribution in [0.1, 0.15) is 26.3 Å². The van der Waals surface area contributed by atoms with E-state index >= 15 is 0 Å². The lowest BCUT2D eigenvalue weighted by Gasteiger charge is -2.19. The standard InChI is InChI=1S/C17H21NO5/c1-17(2,3)23-16(20)18-10-11(9-14(19)22-5)15-12(18)7-6-8-13(15)21-4/h6-8,10H,9H2,1-5H3. The molecule has 0 aliphatic rings. The summed E-state index contributed by atoms with van der Waals surface area (Å²) in [5.74, 6) is 0.197. The van der Waals surface area contributed by atoms with Crippen molar-refractivity contribution in [2.75, 3.05) is 14.2 Å². The van der Waals surface area contributed by atoms with Crippen molar-refractivity contribution >= 4 is 23.0 Å². The quantitative estimate of drug-likeness (QED) is 0.813. The number of fused-ring (bicyclic) bond motifs is 1. The second-order valence-electron chi connectivity index (χ2n) is 6.11. The Hall–Kier alpha value is -2.50. The van der Waals surface area contributed by atoms with Crippen molar-refractivity contribution in [3.8, 4) is 5.75 Å². The lowest BCUT2D eigenvalue weighted by molar-refractivity contribution is -0.139. The molecular weight excluding hydrogens is 298 g/mol. The Morgan fingerprint density at radius 1 is 1.17 bits per heavy atom. The first-order valence-electron chi connectivity index (χ1n) is 7.24. The number of esters is 1. The third-order valence-corrected chi connectivity index (χ3v) is 3.24. The van der Waals surface area contributed by atoms with Crippen molar-refractivity contribution in [2.45, 2.75) is 32.8 Å².